The molecule has 0 bridgehead atoms. The van der Waals surface area contributed by atoms with Crippen LogP contribution in [-0.4, -0.2) is 29.8 Å². The lowest BCUT2D eigenvalue weighted by molar-refractivity contribution is -0.0512. The number of hydrogen-bond donors (Lipinski definition) is 2. The van der Waals surface area contributed by atoms with Gasteiger partial charge in [-0.2, -0.15) is 13.9 Å². The van der Waals surface area contributed by atoms with Gasteiger partial charge in [-0.1, -0.05) is 29.8 Å². The fraction of sp³-hybridized carbons (Fsp3) is 0.158. The number of amides is 1. The van der Waals surface area contributed by atoms with E-state index >= 15 is 0 Å². The average molecular weight is 373 g/mol. The summed E-state index contributed by atoms with van der Waals surface area (Å²) in [6.07, 6.45) is 0. The van der Waals surface area contributed by atoms with Gasteiger partial charge in [0.05, 0.1) is 12.8 Å². The number of nitrogens with one attached hydrogen (secondary N) is 2. The van der Waals surface area contributed by atoms with Crippen molar-refractivity contribution in [2.75, 3.05) is 12.4 Å². The number of anilines is 1. The summed E-state index contributed by atoms with van der Waals surface area (Å²) < 4.78 is 34.1. The number of methoxy groups -OCH3 is 1. The molecular weight excluding hydrogens is 356 g/mol. The minimum atomic E-state index is -2.97. The zero-order chi connectivity index (χ0) is 19.4. The highest BCUT2D eigenvalue weighted by molar-refractivity contribution is 6.03. The third kappa shape index (κ3) is 4.41. The van der Waals surface area contributed by atoms with E-state index in [-0.39, 0.29) is 17.2 Å². The van der Waals surface area contributed by atoms with E-state index < -0.39 is 12.5 Å². The van der Waals surface area contributed by atoms with Gasteiger partial charge < -0.3 is 14.8 Å². The van der Waals surface area contributed by atoms with Crippen LogP contribution < -0.4 is 14.8 Å². The molecule has 0 radical (unpaired) electrons. The summed E-state index contributed by atoms with van der Waals surface area (Å²) in [4.78, 5) is 12.4. The van der Waals surface area contributed by atoms with Crippen LogP contribution in [0.4, 0.5) is 14.5 Å². The van der Waals surface area contributed by atoms with Gasteiger partial charge in [-0.3, -0.25) is 9.89 Å². The van der Waals surface area contributed by atoms with Crippen molar-refractivity contribution in [2.24, 2.45) is 0 Å². The number of carbonyl (C=O) groups is 1. The summed E-state index contributed by atoms with van der Waals surface area (Å²) in [6, 6.07) is 13.5. The molecule has 0 atom stereocenters. The number of halogens is 2. The standard InChI is InChI=1S/C19H17F2N3O3/c1-11-3-5-12(6-4-11)14-10-15(24-23-14)18(25)22-13-7-8-16(27-19(20)21)17(9-13)26-2/h3-10,19H,1-2H3,(H,22,25)(H,23,24). The van der Waals surface area contributed by atoms with Crippen molar-refractivity contribution in [3.05, 3.63) is 59.8 Å². The maximum atomic E-state index is 12.4. The van der Waals surface area contributed by atoms with E-state index in [0.29, 0.717) is 11.4 Å². The zero-order valence-electron chi connectivity index (χ0n) is 14.6. The Balaban J connectivity index is 1.75. The van der Waals surface area contributed by atoms with E-state index in [1.807, 2.05) is 31.2 Å². The summed E-state index contributed by atoms with van der Waals surface area (Å²) in [7, 11) is 1.32. The van der Waals surface area contributed by atoms with Gasteiger partial charge in [0.1, 0.15) is 5.69 Å². The summed E-state index contributed by atoms with van der Waals surface area (Å²) in [5, 5.41) is 9.49. The first kappa shape index (κ1) is 18.4. The van der Waals surface area contributed by atoms with Crippen LogP contribution in [0.25, 0.3) is 11.3 Å². The Morgan fingerprint density at radius 2 is 1.85 bits per heavy atom. The number of ether oxygens (including phenoxy) is 2. The minimum absolute atomic E-state index is 0.0815. The molecule has 0 aliphatic heterocycles. The predicted octanol–water partition coefficient (Wildman–Crippen LogP) is 4.25. The third-order valence-corrected chi connectivity index (χ3v) is 3.81. The second-order valence-electron chi connectivity index (χ2n) is 5.73. The molecule has 0 aliphatic rings. The number of aryl methyl sites for hydroxylation is 1. The molecule has 3 aromatic rings. The molecule has 8 heteroatoms. The van der Waals surface area contributed by atoms with Crippen LogP contribution in [0.3, 0.4) is 0 Å². The second-order valence-corrected chi connectivity index (χ2v) is 5.73. The van der Waals surface area contributed by atoms with Crippen LogP contribution in [0.15, 0.2) is 48.5 Å². The van der Waals surface area contributed by atoms with Crippen LogP contribution in [-0.2, 0) is 0 Å². The molecular formula is C19H17F2N3O3. The van der Waals surface area contributed by atoms with E-state index in [0.717, 1.165) is 11.1 Å². The van der Waals surface area contributed by atoms with Crippen molar-refractivity contribution >= 4 is 11.6 Å². The van der Waals surface area contributed by atoms with Gasteiger partial charge in [0.2, 0.25) is 0 Å². The van der Waals surface area contributed by atoms with Gasteiger partial charge in [-0.15, -0.1) is 0 Å². The smallest absolute Gasteiger partial charge is 0.387 e. The molecule has 0 fully saturated rings. The number of aromatic nitrogens is 2. The number of rotatable bonds is 6. The number of H-pyrrole nitrogens is 1. The average Bonchev–Trinajstić information content (AvgIpc) is 3.13. The number of carbonyl (C=O) groups excluding carboxylic acids is 1. The molecule has 1 amide bonds. The van der Waals surface area contributed by atoms with Gasteiger partial charge in [0.25, 0.3) is 5.91 Å². The van der Waals surface area contributed by atoms with E-state index in [1.165, 1.54) is 25.3 Å². The number of hydrogen-bond acceptors (Lipinski definition) is 4. The van der Waals surface area contributed by atoms with Crippen molar-refractivity contribution in [1.29, 1.82) is 0 Å². The van der Waals surface area contributed by atoms with Crippen LogP contribution in [0.5, 0.6) is 11.5 Å². The molecule has 2 aromatic carbocycles. The molecule has 1 aromatic heterocycles. The van der Waals surface area contributed by atoms with E-state index in [9.17, 15) is 13.6 Å². The number of benzene rings is 2. The monoisotopic (exact) mass is 373 g/mol. The largest absolute Gasteiger partial charge is 0.493 e. The van der Waals surface area contributed by atoms with Crippen LogP contribution >= 0.6 is 0 Å². The Morgan fingerprint density at radius 1 is 1.11 bits per heavy atom. The van der Waals surface area contributed by atoms with Gasteiger partial charge in [-0.25, -0.2) is 0 Å². The first-order chi connectivity index (χ1) is 13.0. The molecule has 0 saturated carbocycles. The van der Waals surface area contributed by atoms with Crippen molar-refractivity contribution < 1.29 is 23.0 Å². The fourth-order valence-electron chi connectivity index (χ4n) is 2.45. The normalized spacial score (nSPS) is 10.7. The van der Waals surface area contributed by atoms with Gasteiger partial charge in [-0.05, 0) is 25.1 Å². The molecule has 0 aliphatic carbocycles. The lowest BCUT2D eigenvalue weighted by Gasteiger charge is -2.11. The predicted molar refractivity (Wildman–Crippen MR) is 96.3 cm³/mol. The number of nitrogens with zero attached hydrogens (tertiary/aromatic N) is 1. The van der Waals surface area contributed by atoms with E-state index in [4.69, 9.17) is 4.74 Å². The van der Waals surface area contributed by atoms with Crippen molar-refractivity contribution in [3.8, 4) is 22.8 Å². The first-order valence-electron chi connectivity index (χ1n) is 8.03. The van der Waals surface area contributed by atoms with Crippen LogP contribution in [0.2, 0.25) is 0 Å². The molecule has 3 rings (SSSR count). The Labute approximate surface area is 154 Å². The van der Waals surface area contributed by atoms with Gasteiger partial charge >= 0.3 is 6.61 Å². The fourth-order valence-corrected chi connectivity index (χ4v) is 2.45. The molecule has 0 unspecified atom stereocenters. The maximum Gasteiger partial charge on any atom is 0.387 e. The summed E-state index contributed by atoms with van der Waals surface area (Å²) in [5.74, 6) is -0.461. The number of aromatic amines is 1. The Kier molecular flexibility index (Phi) is 5.35. The van der Waals surface area contributed by atoms with E-state index in [2.05, 4.69) is 20.3 Å². The highest BCUT2D eigenvalue weighted by Crippen LogP contribution is 2.31. The van der Waals surface area contributed by atoms with Crippen LogP contribution in [0.1, 0.15) is 16.1 Å². The molecule has 6 nitrogen and oxygen atoms in total. The molecule has 27 heavy (non-hydrogen) atoms. The molecule has 0 spiro atoms. The lowest BCUT2D eigenvalue weighted by Crippen LogP contribution is -2.12. The van der Waals surface area contributed by atoms with Crippen LogP contribution in [0, 0.1) is 6.92 Å². The van der Waals surface area contributed by atoms with Crippen molar-refractivity contribution in [3.63, 3.8) is 0 Å². The molecule has 0 saturated heterocycles. The van der Waals surface area contributed by atoms with Gasteiger partial charge in [0, 0.05) is 17.3 Å². The molecule has 1 heterocycles. The highest BCUT2D eigenvalue weighted by atomic mass is 19.3. The maximum absolute atomic E-state index is 12.4. The summed E-state index contributed by atoms with van der Waals surface area (Å²) in [6.45, 7) is -0.983. The summed E-state index contributed by atoms with van der Waals surface area (Å²) in [5.41, 5.74) is 3.27. The third-order valence-electron chi connectivity index (χ3n) is 3.81. The molecule has 140 valence electrons. The SMILES string of the molecule is COc1cc(NC(=O)c2cc(-c3ccc(C)cc3)n[nH]2)ccc1OC(F)F. The van der Waals surface area contributed by atoms with Gasteiger partial charge in [0.15, 0.2) is 11.5 Å². The quantitative estimate of drug-likeness (QED) is 0.677. The minimum Gasteiger partial charge on any atom is -0.493 e. The van der Waals surface area contributed by atoms with Crippen molar-refractivity contribution in [2.45, 2.75) is 13.5 Å². The topological polar surface area (TPSA) is 76.2 Å². The molecule has 2 N–H and O–H groups in total. The number of alkyl halides is 2. The Morgan fingerprint density at radius 3 is 2.52 bits per heavy atom. The second kappa shape index (κ2) is 7.86. The Hall–Kier alpha value is -3.42. The van der Waals surface area contributed by atoms with Crippen molar-refractivity contribution in [1.82, 2.24) is 10.2 Å². The Bertz CT molecular complexity index is 940. The summed E-state index contributed by atoms with van der Waals surface area (Å²) >= 11 is 0. The van der Waals surface area contributed by atoms with E-state index in [1.54, 1.807) is 6.07 Å². The highest BCUT2D eigenvalue weighted by Gasteiger charge is 2.14. The first-order valence-corrected chi connectivity index (χ1v) is 8.03. The zero-order valence-corrected chi connectivity index (χ0v) is 14.6. The lowest BCUT2D eigenvalue weighted by atomic mass is 10.1.